The monoisotopic (exact) mass is 255 g/mol. The second kappa shape index (κ2) is 7.39. The van der Waals surface area contributed by atoms with Gasteiger partial charge in [-0.15, -0.1) is 0 Å². The van der Waals surface area contributed by atoms with Crippen LogP contribution in [0.4, 0.5) is 0 Å². The van der Waals surface area contributed by atoms with Gasteiger partial charge in [-0.25, -0.2) is 4.79 Å². The zero-order chi connectivity index (χ0) is 13.5. The van der Waals surface area contributed by atoms with Gasteiger partial charge >= 0.3 is 5.97 Å². The van der Waals surface area contributed by atoms with E-state index in [0.717, 1.165) is 19.3 Å². The topological polar surface area (TPSA) is 55.4 Å². The summed E-state index contributed by atoms with van der Waals surface area (Å²) < 4.78 is 4.75. The fraction of sp³-hybridized carbons (Fsp3) is 0.857. The minimum Gasteiger partial charge on any atom is -0.467 e. The first kappa shape index (κ1) is 15.0. The third kappa shape index (κ3) is 4.31. The Morgan fingerprint density at radius 2 is 1.94 bits per heavy atom. The summed E-state index contributed by atoms with van der Waals surface area (Å²) in [5.74, 6) is 0.243. The molecule has 4 nitrogen and oxygen atoms in total. The van der Waals surface area contributed by atoms with E-state index in [1.54, 1.807) is 0 Å². The van der Waals surface area contributed by atoms with Crippen LogP contribution in [0.3, 0.4) is 0 Å². The van der Waals surface area contributed by atoms with Gasteiger partial charge in [-0.3, -0.25) is 4.79 Å². The van der Waals surface area contributed by atoms with Crippen molar-refractivity contribution in [2.24, 2.45) is 11.8 Å². The highest BCUT2D eigenvalue weighted by Gasteiger charge is 2.28. The Bertz CT molecular complexity index is 285. The maximum absolute atomic E-state index is 11.9. The van der Waals surface area contributed by atoms with Crippen LogP contribution >= 0.6 is 0 Å². The number of carbonyl (C=O) groups is 2. The maximum atomic E-state index is 11.9. The quantitative estimate of drug-likeness (QED) is 0.741. The first-order valence-electron chi connectivity index (χ1n) is 6.95. The molecule has 0 aromatic heterocycles. The lowest BCUT2D eigenvalue weighted by molar-refractivity contribution is -0.146. The van der Waals surface area contributed by atoms with Crippen molar-refractivity contribution in [3.63, 3.8) is 0 Å². The second-order valence-electron chi connectivity index (χ2n) is 5.31. The summed E-state index contributed by atoms with van der Waals surface area (Å²) >= 11 is 0. The molecule has 1 aliphatic carbocycles. The lowest BCUT2D eigenvalue weighted by Gasteiger charge is -2.22. The van der Waals surface area contributed by atoms with Crippen LogP contribution in [0.2, 0.25) is 0 Å². The number of ether oxygens (including phenoxy) is 1. The minimum absolute atomic E-state index is 0.0161. The summed E-state index contributed by atoms with van der Waals surface area (Å²) in [6.07, 6.45) is 6.11. The van der Waals surface area contributed by atoms with Gasteiger partial charge in [0.15, 0.2) is 0 Å². The molecule has 0 bridgehead atoms. The summed E-state index contributed by atoms with van der Waals surface area (Å²) in [6.45, 7) is 3.96. The zero-order valence-electron chi connectivity index (χ0n) is 11.7. The number of nitrogens with one attached hydrogen (secondary N) is 1. The Hall–Kier alpha value is -1.06. The van der Waals surface area contributed by atoms with Crippen LogP contribution in [0, 0.1) is 11.8 Å². The normalized spacial score (nSPS) is 19.3. The number of esters is 1. The van der Waals surface area contributed by atoms with Crippen molar-refractivity contribution in [1.29, 1.82) is 0 Å². The third-order valence-electron chi connectivity index (χ3n) is 3.93. The molecule has 0 aromatic carbocycles. The van der Waals surface area contributed by atoms with Crippen molar-refractivity contribution in [2.75, 3.05) is 7.11 Å². The van der Waals surface area contributed by atoms with Gasteiger partial charge in [-0.1, -0.05) is 33.1 Å². The standard InChI is InChI=1S/C14H25NO3/c1-4-10(2)13(14(17)18-3)15-12(16)9-11-7-5-6-8-11/h10-11,13H,4-9H2,1-3H3,(H,15,16)/t10-,13+/m0/s1. The van der Waals surface area contributed by atoms with Crippen LogP contribution in [0.1, 0.15) is 52.4 Å². The van der Waals surface area contributed by atoms with Crippen LogP contribution in [0.5, 0.6) is 0 Å². The second-order valence-corrected chi connectivity index (χ2v) is 5.31. The molecule has 0 aliphatic heterocycles. The molecule has 1 N–H and O–H groups in total. The molecule has 104 valence electrons. The highest BCUT2D eigenvalue weighted by molar-refractivity contribution is 5.84. The van der Waals surface area contributed by atoms with Crippen molar-refractivity contribution < 1.29 is 14.3 Å². The Kier molecular flexibility index (Phi) is 6.16. The van der Waals surface area contributed by atoms with Gasteiger partial charge in [0.05, 0.1) is 7.11 Å². The molecule has 2 atom stereocenters. The zero-order valence-corrected chi connectivity index (χ0v) is 11.7. The van der Waals surface area contributed by atoms with Gasteiger partial charge in [-0.2, -0.15) is 0 Å². The van der Waals surface area contributed by atoms with Crippen molar-refractivity contribution >= 4 is 11.9 Å². The molecular weight excluding hydrogens is 230 g/mol. The van der Waals surface area contributed by atoms with Gasteiger partial charge < -0.3 is 10.1 Å². The largest absolute Gasteiger partial charge is 0.467 e. The number of amides is 1. The predicted molar refractivity (Wildman–Crippen MR) is 70.0 cm³/mol. The highest BCUT2D eigenvalue weighted by Crippen LogP contribution is 2.27. The molecule has 0 heterocycles. The van der Waals surface area contributed by atoms with E-state index in [0.29, 0.717) is 12.3 Å². The molecule has 0 saturated heterocycles. The van der Waals surface area contributed by atoms with E-state index >= 15 is 0 Å². The fourth-order valence-electron chi connectivity index (χ4n) is 2.51. The molecule has 1 saturated carbocycles. The van der Waals surface area contributed by atoms with Crippen molar-refractivity contribution in [2.45, 2.75) is 58.4 Å². The summed E-state index contributed by atoms with van der Waals surface area (Å²) in [4.78, 5) is 23.6. The molecule has 1 rings (SSSR count). The Balaban J connectivity index is 2.48. The van der Waals surface area contributed by atoms with Crippen LogP contribution < -0.4 is 5.32 Å². The first-order valence-corrected chi connectivity index (χ1v) is 6.95. The molecule has 18 heavy (non-hydrogen) atoms. The summed E-state index contributed by atoms with van der Waals surface area (Å²) in [7, 11) is 1.36. The molecule has 4 heteroatoms. The van der Waals surface area contributed by atoms with E-state index in [4.69, 9.17) is 4.74 Å². The number of rotatable bonds is 6. The molecule has 1 amide bonds. The Morgan fingerprint density at radius 1 is 1.33 bits per heavy atom. The number of hydrogen-bond donors (Lipinski definition) is 1. The van der Waals surface area contributed by atoms with E-state index in [-0.39, 0.29) is 17.8 Å². The van der Waals surface area contributed by atoms with E-state index in [2.05, 4.69) is 5.32 Å². The third-order valence-corrected chi connectivity index (χ3v) is 3.93. The summed E-state index contributed by atoms with van der Waals surface area (Å²) in [6, 6.07) is -0.506. The van der Waals surface area contributed by atoms with Crippen LogP contribution in [0.25, 0.3) is 0 Å². The van der Waals surface area contributed by atoms with E-state index < -0.39 is 6.04 Å². The highest BCUT2D eigenvalue weighted by atomic mass is 16.5. The van der Waals surface area contributed by atoms with E-state index in [1.807, 2.05) is 13.8 Å². The number of hydrogen-bond acceptors (Lipinski definition) is 3. The molecular formula is C14H25NO3. The molecule has 0 aromatic rings. The van der Waals surface area contributed by atoms with Crippen LogP contribution in [-0.4, -0.2) is 25.0 Å². The average molecular weight is 255 g/mol. The van der Waals surface area contributed by atoms with Crippen LogP contribution in [0.15, 0.2) is 0 Å². The minimum atomic E-state index is -0.506. The molecule has 0 unspecified atom stereocenters. The van der Waals surface area contributed by atoms with Gasteiger partial charge in [0, 0.05) is 6.42 Å². The van der Waals surface area contributed by atoms with Crippen molar-refractivity contribution in [3.8, 4) is 0 Å². The maximum Gasteiger partial charge on any atom is 0.328 e. The van der Waals surface area contributed by atoms with Crippen molar-refractivity contribution in [1.82, 2.24) is 5.32 Å². The predicted octanol–water partition coefficient (Wildman–Crippen LogP) is 2.27. The van der Waals surface area contributed by atoms with Gasteiger partial charge in [0.2, 0.25) is 5.91 Å². The first-order chi connectivity index (χ1) is 8.58. The van der Waals surface area contributed by atoms with E-state index in [1.165, 1.54) is 20.0 Å². The van der Waals surface area contributed by atoms with Gasteiger partial charge in [0.25, 0.3) is 0 Å². The van der Waals surface area contributed by atoms with Gasteiger partial charge in [0.1, 0.15) is 6.04 Å². The number of carbonyl (C=O) groups excluding carboxylic acids is 2. The molecule has 1 aliphatic rings. The summed E-state index contributed by atoms with van der Waals surface area (Å²) in [5.41, 5.74) is 0. The van der Waals surface area contributed by atoms with Gasteiger partial charge in [-0.05, 0) is 24.7 Å². The molecule has 0 spiro atoms. The fourth-order valence-corrected chi connectivity index (χ4v) is 2.51. The molecule has 1 fully saturated rings. The summed E-state index contributed by atoms with van der Waals surface area (Å²) in [5, 5.41) is 2.83. The van der Waals surface area contributed by atoms with E-state index in [9.17, 15) is 9.59 Å². The smallest absolute Gasteiger partial charge is 0.328 e. The molecule has 0 radical (unpaired) electrons. The lowest BCUT2D eigenvalue weighted by atomic mass is 9.98. The number of methoxy groups -OCH3 is 1. The van der Waals surface area contributed by atoms with Crippen LogP contribution in [-0.2, 0) is 14.3 Å². The lowest BCUT2D eigenvalue weighted by Crippen LogP contribution is -2.46. The Morgan fingerprint density at radius 3 is 2.44 bits per heavy atom. The Labute approximate surface area is 109 Å². The SMILES string of the molecule is CC[C@H](C)[C@@H](NC(=O)CC1CCCC1)C(=O)OC. The van der Waals surface area contributed by atoms with Crippen molar-refractivity contribution in [3.05, 3.63) is 0 Å². The average Bonchev–Trinajstić information content (AvgIpc) is 2.86.